The van der Waals surface area contributed by atoms with Crippen molar-refractivity contribution >= 4 is 10.0 Å². The zero-order valence-electron chi connectivity index (χ0n) is 13.0. The molecule has 136 valence electrons. The molecular weight excluding hydrogens is 364 g/mol. The number of rotatable bonds is 6. The topological polar surface area (TPSA) is 68.3 Å². The third-order valence-corrected chi connectivity index (χ3v) is 4.46. The van der Waals surface area contributed by atoms with Crippen molar-refractivity contribution < 1.29 is 30.7 Å². The number of nitrogens with zero attached hydrogens (tertiary/aromatic N) is 1. The lowest BCUT2D eigenvalue weighted by Gasteiger charge is -2.14. The van der Waals surface area contributed by atoms with E-state index in [0.717, 1.165) is 12.1 Å². The molecule has 0 saturated heterocycles. The molecule has 0 spiro atoms. The average Bonchev–Trinajstić information content (AvgIpc) is 2.53. The molecule has 1 N–H and O–H groups in total. The van der Waals surface area contributed by atoms with E-state index in [4.69, 9.17) is 4.74 Å². The maximum atomic E-state index is 13.1. The van der Waals surface area contributed by atoms with E-state index in [1.165, 1.54) is 18.3 Å². The first kappa shape index (κ1) is 19.1. The third kappa shape index (κ3) is 4.67. The number of aromatic nitrogens is 1. The highest BCUT2D eigenvalue weighted by molar-refractivity contribution is 7.89. The standard InChI is InChI=1S/C15H14F4N2O3S/c1-2-24-13-4-3-7-20-14(13)25(22,23)21-9-10-5-6-11(16)8-12(10)15(17,18)19/h3-8,21H,2,9H2,1H3. The van der Waals surface area contributed by atoms with Gasteiger partial charge in [0.05, 0.1) is 12.2 Å². The summed E-state index contributed by atoms with van der Waals surface area (Å²) in [4.78, 5) is 3.71. The molecule has 0 unspecified atom stereocenters. The van der Waals surface area contributed by atoms with Crippen LogP contribution in [0, 0.1) is 5.82 Å². The fourth-order valence-corrected chi connectivity index (χ4v) is 3.12. The minimum Gasteiger partial charge on any atom is -0.491 e. The van der Waals surface area contributed by atoms with Gasteiger partial charge in [0.2, 0.25) is 5.03 Å². The summed E-state index contributed by atoms with van der Waals surface area (Å²) in [6, 6.07) is 4.86. The van der Waals surface area contributed by atoms with E-state index in [1.807, 2.05) is 4.72 Å². The molecule has 0 fully saturated rings. The van der Waals surface area contributed by atoms with Crippen molar-refractivity contribution in [2.45, 2.75) is 24.7 Å². The average molecular weight is 378 g/mol. The van der Waals surface area contributed by atoms with Gasteiger partial charge in [0, 0.05) is 12.7 Å². The molecule has 0 aliphatic heterocycles. The van der Waals surface area contributed by atoms with Gasteiger partial charge in [0.25, 0.3) is 10.0 Å². The van der Waals surface area contributed by atoms with Gasteiger partial charge in [-0.05, 0) is 36.8 Å². The number of benzene rings is 1. The van der Waals surface area contributed by atoms with Crippen molar-refractivity contribution in [2.75, 3.05) is 6.61 Å². The highest BCUT2D eigenvalue weighted by Crippen LogP contribution is 2.32. The summed E-state index contributed by atoms with van der Waals surface area (Å²) in [5.74, 6) is -1.09. The number of hydrogen-bond donors (Lipinski definition) is 1. The predicted molar refractivity (Wildman–Crippen MR) is 80.8 cm³/mol. The van der Waals surface area contributed by atoms with Gasteiger partial charge in [-0.15, -0.1) is 0 Å². The molecule has 0 atom stereocenters. The molecule has 0 aliphatic rings. The Labute approximate surface area is 141 Å². The Bertz CT molecular complexity index is 854. The molecule has 0 saturated carbocycles. The second-order valence-corrected chi connectivity index (χ2v) is 6.55. The monoisotopic (exact) mass is 378 g/mol. The zero-order valence-corrected chi connectivity index (χ0v) is 13.8. The number of ether oxygens (including phenoxy) is 1. The summed E-state index contributed by atoms with van der Waals surface area (Å²) in [6.45, 7) is 1.15. The molecule has 1 aromatic carbocycles. The van der Waals surface area contributed by atoms with E-state index >= 15 is 0 Å². The van der Waals surface area contributed by atoms with Crippen LogP contribution in [0.25, 0.3) is 0 Å². The molecule has 0 bridgehead atoms. The molecule has 10 heteroatoms. The first-order valence-electron chi connectivity index (χ1n) is 7.08. The quantitative estimate of drug-likeness (QED) is 0.785. The lowest BCUT2D eigenvalue weighted by atomic mass is 10.1. The van der Waals surface area contributed by atoms with Gasteiger partial charge < -0.3 is 4.74 Å². The van der Waals surface area contributed by atoms with Crippen molar-refractivity contribution in [2.24, 2.45) is 0 Å². The van der Waals surface area contributed by atoms with Crippen molar-refractivity contribution in [1.82, 2.24) is 9.71 Å². The fraction of sp³-hybridized carbons (Fsp3) is 0.267. The third-order valence-electron chi connectivity index (χ3n) is 3.12. The summed E-state index contributed by atoms with van der Waals surface area (Å²) in [5.41, 5.74) is -1.66. The van der Waals surface area contributed by atoms with Crippen LogP contribution < -0.4 is 9.46 Å². The number of alkyl halides is 3. The fourth-order valence-electron chi connectivity index (χ4n) is 2.05. The second-order valence-electron chi connectivity index (χ2n) is 4.86. The largest absolute Gasteiger partial charge is 0.491 e. The molecule has 2 rings (SSSR count). The van der Waals surface area contributed by atoms with Crippen molar-refractivity contribution in [3.05, 3.63) is 53.5 Å². The molecule has 0 amide bonds. The molecule has 1 heterocycles. The summed E-state index contributed by atoms with van der Waals surface area (Å²) in [5, 5.41) is -0.437. The van der Waals surface area contributed by atoms with Gasteiger partial charge in [0.1, 0.15) is 5.82 Å². The minimum atomic E-state index is -4.82. The Morgan fingerprint density at radius 1 is 1.24 bits per heavy atom. The minimum absolute atomic E-state index is 0.0207. The van der Waals surface area contributed by atoms with Crippen LogP contribution >= 0.6 is 0 Å². The molecule has 0 aliphatic carbocycles. The second kappa shape index (κ2) is 7.36. The molecule has 5 nitrogen and oxygen atoms in total. The van der Waals surface area contributed by atoms with E-state index in [-0.39, 0.29) is 12.4 Å². The summed E-state index contributed by atoms with van der Waals surface area (Å²) in [7, 11) is -4.23. The van der Waals surface area contributed by atoms with Gasteiger partial charge in [-0.3, -0.25) is 0 Å². The lowest BCUT2D eigenvalue weighted by molar-refractivity contribution is -0.138. The van der Waals surface area contributed by atoms with Crippen molar-refractivity contribution in [3.63, 3.8) is 0 Å². The summed E-state index contributed by atoms with van der Waals surface area (Å²) < 4.78 is 83.8. The maximum absolute atomic E-state index is 13.1. The van der Waals surface area contributed by atoms with E-state index in [0.29, 0.717) is 6.07 Å². The van der Waals surface area contributed by atoms with Crippen LogP contribution in [-0.2, 0) is 22.7 Å². The lowest BCUT2D eigenvalue weighted by Crippen LogP contribution is -2.26. The Morgan fingerprint density at radius 2 is 1.96 bits per heavy atom. The molecular formula is C15H14F4N2O3S. The maximum Gasteiger partial charge on any atom is 0.416 e. The number of nitrogens with one attached hydrogen (secondary N) is 1. The highest BCUT2D eigenvalue weighted by atomic mass is 32.2. The number of sulfonamides is 1. The van der Waals surface area contributed by atoms with Crippen LogP contribution in [0.1, 0.15) is 18.1 Å². The van der Waals surface area contributed by atoms with Gasteiger partial charge >= 0.3 is 6.18 Å². The number of hydrogen-bond acceptors (Lipinski definition) is 4. The van der Waals surface area contributed by atoms with Crippen LogP contribution in [0.2, 0.25) is 0 Å². The first-order chi connectivity index (χ1) is 11.6. The van der Waals surface area contributed by atoms with Gasteiger partial charge in [0.15, 0.2) is 5.75 Å². The number of halogens is 4. The van der Waals surface area contributed by atoms with E-state index in [1.54, 1.807) is 6.92 Å². The van der Waals surface area contributed by atoms with E-state index < -0.39 is 44.7 Å². The number of pyridine rings is 1. The van der Waals surface area contributed by atoms with Crippen molar-refractivity contribution in [3.8, 4) is 5.75 Å². The van der Waals surface area contributed by atoms with Crippen LogP contribution in [0.5, 0.6) is 5.75 Å². The Morgan fingerprint density at radius 3 is 2.60 bits per heavy atom. The van der Waals surface area contributed by atoms with Crippen LogP contribution in [-0.4, -0.2) is 20.0 Å². The first-order valence-corrected chi connectivity index (χ1v) is 8.56. The van der Waals surface area contributed by atoms with Crippen LogP contribution in [0.15, 0.2) is 41.6 Å². The molecule has 2 aromatic rings. The Balaban J connectivity index is 2.30. The Hall–Kier alpha value is -2.20. The highest BCUT2D eigenvalue weighted by Gasteiger charge is 2.34. The SMILES string of the molecule is CCOc1cccnc1S(=O)(=O)NCc1ccc(F)cc1C(F)(F)F. The molecule has 25 heavy (non-hydrogen) atoms. The smallest absolute Gasteiger partial charge is 0.416 e. The summed E-state index contributed by atoms with van der Waals surface area (Å²) in [6.07, 6.45) is -3.60. The molecule has 0 radical (unpaired) electrons. The van der Waals surface area contributed by atoms with Gasteiger partial charge in [-0.25, -0.2) is 22.5 Å². The van der Waals surface area contributed by atoms with Crippen molar-refractivity contribution in [1.29, 1.82) is 0 Å². The van der Waals surface area contributed by atoms with E-state index in [9.17, 15) is 26.0 Å². The normalized spacial score (nSPS) is 12.2. The van der Waals surface area contributed by atoms with Gasteiger partial charge in [-0.1, -0.05) is 6.07 Å². The molecule has 1 aromatic heterocycles. The zero-order chi connectivity index (χ0) is 18.7. The van der Waals surface area contributed by atoms with Crippen LogP contribution in [0.3, 0.4) is 0 Å². The van der Waals surface area contributed by atoms with E-state index in [2.05, 4.69) is 4.98 Å². The summed E-state index contributed by atoms with van der Waals surface area (Å²) >= 11 is 0. The van der Waals surface area contributed by atoms with Gasteiger partial charge in [-0.2, -0.15) is 13.2 Å². The Kier molecular flexibility index (Phi) is 5.63. The van der Waals surface area contributed by atoms with Crippen LogP contribution in [0.4, 0.5) is 17.6 Å². The predicted octanol–water partition coefficient (Wildman–Crippen LogP) is 3.12.